The fourth-order valence-electron chi connectivity index (χ4n) is 10.1. The number of thiol groups is 1. The molecule has 0 nitrogen and oxygen atoms in total. The monoisotopic (exact) mass is 752 g/mol. The first kappa shape index (κ1) is 35.8. The summed E-state index contributed by atoms with van der Waals surface area (Å²) in [5, 5.41) is 7.52. The van der Waals surface area contributed by atoms with Crippen LogP contribution in [0.4, 0.5) is 0 Å². The molecule has 0 radical (unpaired) electrons. The van der Waals surface area contributed by atoms with Crippen LogP contribution in [0.3, 0.4) is 0 Å². The molecule has 0 heterocycles. The average molecular weight is 753 g/mol. The van der Waals surface area contributed by atoms with Gasteiger partial charge in [-0.25, -0.2) is 0 Å². The highest BCUT2D eigenvalue weighted by Crippen LogP contribution is 2.55. The molecule has 3 aliphatic rings. The van der Waals surface area contributed by atoms with Gasteiger partial charge >= 0.3 is 0 Å². The minimum atomic E-state index is -0.179. The summed E-state index contributed by atoms with van der Waals surface area (Å²) >= 11 is 5.03. The second-order valence-corrected chi connectivity index (χ2v) is 17.9. The molecule has 0 bridgehead atoms. The van der Waals surface area contributed by atoms with Crippen molar-refractivity contribution >= 4 is 62.7 Å². The van der Waals surface area contributed by atoms with Gasteiger partial charge in [0.05, 0.1) is 0 Å². The molecule has 0 atom stereocenters. The van der Waals surface area contributed by atoms with Crippen molar-refractivity contribution in [2.45, 2.75) is 70.6 Å². The highest BCUT2D eigenvalue weighted by Gasteiger charge is 2.40. The Labute approximate surface area is 343 Å². The Hall–Kier alpha value is -5.63. The van der Waals surface area contributed by atoms with Crippen LogP contribution < -0.4 is 0 Å². The molecule has 0 aromatic heterocycles. The van der Waals surface area contributed by atoms with Crippen LogP contribution in [0.25, 0.3) is 72.3 Å². The largest absolute Gasteiger partial charge is 0.142 e. The van der Waals surface area contributed by atoms with Crippen molar-refractivity contribution in [2.75, 3.05) is 0 Å². The van der Waals surface area contributed by atoms with Gasteiger partial charge in [0.2, 0.25) is 0 Å². The van der Waals surface area contributed by atoms with Gasteiger partial charge in [-0.3, -0.25) is 0 Å². The molecule has 0 spiro atoms. The Morgan fingerprint density at radius 2 is 1.35 bits per heavy atom. The first-order valence-corrected chi connectivity index (χ1v) is 20.9. The van der Waals surface area contributed by atoms with Crippen LogP contribution in [-0.2, 0) is 17.3 Å². The molecule has 0 amide bonds. The summed E-state index contributed by atoms with van der Waals surface area (Å²) in [5.41, 5.74) is 19.8. The summed E-state index contributed by atoms with van der Waals surface area (Å²) in [4.78, 5) is 1.04. The van der Waals surface area contributed by atoms with Gasteiger partial charge in [0.25, 0.3) is 0 Å². The zero-order chi connectivity index (χ0) is 39.4. The third-order valence-corrected chi connectivity index (χ3v) is 13.9. The Balaban J connectivity index is 1.11. The standard InChI is InChI=1S/C56H48S/c1-8-16-36(52-41-18-11-9-10-17-35(41)27-38-25-33(2)34(3)26-47(38)52)28-40-29-39-31-51-48(32-49(39)55(40,4)5)42-24-23-37(30-50(42)56(51,6)7)53-43-19-12-14-21-45(43)54(57)46-22-15-13-20-44(46)53/h8-16,18-32,57H,17H2,1-7H3/b16-8-,36-28+. The van der Waals surface area contributed by atoms with E-state index in [1.54, 1.807) is 0 Å². The Bertz CT molecular complexity index is 3000. The molecule has 278 valence electrons. The van der Waals surface area contributed by atoms with Gasteiger partial charge in [-0.2, -0.15) is 0 Å². The van der Waals surface area contributed by atoms with E-state index in [4.69, 9.17) is 12.6 Å². The lowest BCUT2D eigenvalue weighted by Crippen LogP contribution is -2.18. The lowest BCUT2D eigenvalue weighted by molar-refractivity contribution is 0.647. The molecule has 7 aromatic carbocycles. The van der Waals surface area contributed by atoms with Gasteiger partial charge in [-0.05, 0) is 161 Å². The van der Waals surface area contributed by atoms with E-state index in [1.807, 2.05) is 0 Å². The van der Waals surface area contributed by atoms with E-state index in [-0.39, 0.29) is 10.8 Å². The molecule has 0 fully saturated rings. The maximum absolute atomic E-state index is 5.03. The number of hydrogen-bond acceptors (Lipinski definition) is 1. The van der Waals surface area contributed by atoms with Crippen LogP contribution in [-0.4, -0.2) is 0 Å². The first-order chi connectivity index (χ1) is 27.5. The van der Waals surface area contributed by atoms with E-state index in [0.29, 0.717) is 0 Å². The molecule has 0 aliphatic heterocycles. The van der Waals surface area contributed by atoms with Crippen molar-refractivity contribution in [3.8, 4) is 22.3 Å². The molecule has 0 N–H and O–H groups in total. The van der Waals surface area contributed by atoms with Crippen molar-refractivity contribution in [3.05, 3.63) is 189 Å². The smallest absolute Gasteiger partial charge is 0.0198 e. The second-order valence-electron chi connectivity index (χ2n) is 17.5. The van der Waals surface area contributed by atoms with Crippen molar-refractivity contribution in [2.24, 2.45) is 0 Å². The summed E-state index contributed by atoms with van der Waals surface area (Å²) in [5.74, 6) is 0. The van der Waals surface area contributed by atoms with Gasteiger partial charge in [0.15, 0.2) is 0 Å². The maximum atomic E-state index is 5.03. The average Bonchev–Trinajstić information content (AvgIpc) is 3.41. The van der Waals surface area contributed by atoms with Crippen molar-refractivity contribution < 1.29 is 0 Å². The van der Waals surface area contributed by atoms with Crippen LogP contribution in [0, 0.1) is 13.8 Å². The molecule has 0 saturated heterocycles. The normalized spacial score (nSPS) is 16.3. The minimum absolute atomic E-state index is 0.158. The second kappa shape index (κ2) is 12.9. The molecule has 10 rings (SSSR count). The number of rotatable bonds is 4. The van der Waals surface area contributed by atoms with Crippen LogP contribution in [0.2, 0.25) is 0 Å². The molecule has 3 aliphatic carbocycles. The van der Waals surface area contributed by atoms with Gasteiger partial charge in [0, 0.05) is 15.7 Å². The summed E-state index contributed by atoms with van der Waals surface area (Å²) in [6, 6.07) is 36.9. The van der Waals surface area contributed by atoms with Gasteiger partial charge in [0.1, 0.15) is 0 Å². The van der Waals surface area contributed by atoms with Crippen LogP contribution in [0.5, 0.6) is 0 Å². The van der Waals surface area contributed by atoms with E-state index in [9.17, 15) is 0 Å². The number of fused-ring (bicyclic) bond motifs is 8. The molecule has 0 unspecified atom stereocenters. The third-order valence-electron chi connectivity index (χ3n) is 13.4. The lowest BCUT2D eigenvalue weighted by Gasteiger charge is -2.26. The summed E-state index contributed by atoms with van der Waals surface area (Å²) in [6.07, 6.45) is 19.4. The molecule has 0 saturated carbocycles. The Morgan fingerprint density at radius 1 is 0.667 bits per heavy atom. The van der Waals surface area contributed by atoms with Crippen molar-refractivity contribution in [1.29, 1.82) is 0 Å². The Kier molecular flexibility index (Phi) is 8.12. The quantitative estimate of drug-likeness (QED) is 0.103. The van der Waals surface area contributed by atoms with Crippen molar-refractivity contribution in [1.82, 2.24) is 0 Å². The van der Waals surface area contributed by atoms with E-state index < -0.39 is 0 Å². The molecule has 57 heavy (non-hydrogen) atoms. The number of benzene rings is 7. The highest BCUT2D eigenvalue weighted by atomic mass is 32.1. The molecular formula is C56H48S. The summed E-state index contributed by atoms with van der Waals surface area (Å²) in [6.45, 7) is 16.3. The SMILES string of the molecule is C/C=C\C(=C/C1=Cc2cc3c(cc2C1(C)C)-c1ccc(-c2c4ccccc4c(S)c4ccccc24)cc1C3(C)C)c1c2c(cc3cc(C)c(C)cc13)CC=CC=C2. The Morgan fingerprint density at radius 3 is 2.07 bits per heavy atom. The van der Waals surface area contributed by atoms with Gasteiger partial charge < -0.3 is 0 Å². The summed E-state index contributed by atoms with van der Waals surface area (Å²) in [7, 11) is 0. The van der Waals surface area contributed by atoms with Crippen molar-refractivity contribution in [3.63, 3.8) is 0 Å². The minimum Gasteiger partial charge on any atom is -0.142 e. The fraction of sp³-hybridized carbons (Fsp3) is 0.179. The van der Waals surface area contributed by atoms with E-state index in [1.165, 1.54) is 116 Å². The maximum Gasteiger partial charge on any atom is 0.0198 e. The topological polar surface area (TPSA) is 0 Å². The van der Waals surface area contributed by atoms with E-state index in [0.717, 1.165) is 11.3 Å². The first-order valence-electron chi connectivity index (χ1n) is 20.4. The van der Waals surface area contributed by atoms with Gasteiger partial charge in [-0.1, -0.05) is 155 Å². The summed E-state index contributed by atoms with van der Waals surface area (Å²) < 4.78 is 0. The highest BCUT2D eigenvalue weighted by molar-refractivity contribution is 7.80. The lowest BCUT2D eigenvalue weighted by atomic mass is 9.77. The number of hydrogen-bond donors (Lipinski definition) is 1. The van der Waals surface area contributed by atoms with Crippen LogP contribution in [0.15, 0.2) is 144 Å². The number of allylic oxidation sites excluding steroid dienone is 8. The van der Waals surface area contributed by atoms with E-state index in [2.05, 4.69) is 194 Å². The zero-order valence-corrected chi connectivity index (χ0v) is 34.9. The van der Waals surface area contributed by atoms with Gasteiger partial charge in [-0.15, -0.1) is 12.6 Å². The zero-order valence-electron chi connectivity index (χ0n) is 34.0. The predicted molar refractivity (Wildman–Crippen MR) is 251 cm³/mol. The molecule has 1 heteroatoms. The number of aryl methyl sites for hydroxylation is 2. The van der Waals surface area contributed by atoms with Crippen LogP contribution >= 0.6 is 12.6 Å². The third kappa shape index (κ3) is 5.35. The van der Waals surface area contributed by atoms with Crippen LogP contribution in [0.1, 0.15) is 84.7 Å². The molecular weight excluding hydrogens is 705 g/mol. The fourth-order valence-corrected chi connectivity index (χ4v) is 10.5. The molecule has 7 aromatic rings. The van der Waals surface area contributed by atoms with E-state index >= 15 is 0 Å². The predicted octanol–water partition coefficient (Wildman–Crippen LogP) is 15.5.